The summed E-state index contributed by atoms with van der Waals surface area (Å²) in [7, 11) is -9.91. The zero-order valence-corrected chi connectivity index (χ0v) is 17.6. The molecule has 172 valence electrons. The molecule has 0 aliphatic rings. The van der Waals surface area contributed by atoms with Crippen molar-refractivity contribution in [1.82, 2.24) is 8.54 Å². The molecule has 0 aliphatic carbocycles. The molecule has 2 aromatic heterocycles. The molecule has 2 heterocycles. The van der Waals surface area contributed by atoms with E-state index in [0.717, 1.165) is 6.54 Å². The Hall–Kier alpha value is -2.10. The van der Waals surface area contributed by atoms with Crippen molar-refractivity contribution < 1.29 is 52.3 Å². The normalized spacial score (nSPS) is 13.1. The number of imidazole rings is 2. The first-order chi connectivity index (χ1) is 13.5. The lowest BCUT2D eigenvalue weighted by Gasteiger charge is -2.08. The van der Waals surface area contributed by atoms with Gasteiger partial charge in [0.25, 0.3) is 0 Å². The monoisotopic (exact) mass is 486 g/mol. The minimum Gasteiger partial charge on any atom is -0.240 e. The van der Waals surface area contributed by atoms with Crippen molar-refractivity contribution in [3.05, 3.63) is 31.1 Å². The SMILES string of the molecule is CCCCn1cc[n+](C)c1.C[n+]1ccn(S(=O)(=O)C(F)(F)F)c1S(=O)(=O)C(F)(F)F. The fraction of sp³-hybridized carbons (Fsp3) is 0.571. The number of nitrogens with zero attached hydrogens (tertiary/aromatic N) is 4. The van der Waals surface area contributed by atoms with Gasteiger partial charge in [-0.1, -0.05) is 13.3 Å². The molecular formula is C14H20F6N4O4S2+2. The average Bonchev–Trinajstić information content (AvgIpc) is 3.17. The number of hydrogen-bond donors (Lipinski definition) is 0. The topological polar surface area (TPSA) is 85.9 Å². The molecule has 16 heteroatoms. The van der Waals surface area contributed by atoms with Gasteiger partial charge < -0.3 is 0 Å². The fourth-order valence-electron chi connectivity index (χ4n) is 2.12. The lowest BCUT2D eigenvalue weighted by molar-refractivity contribution is -0.709. The van der Waals surface area contributed by atoms with E-state index < -0.39 is 40.0 Å². The van der Waals surface area contributed by atoms with Crippen LogP contribution in [0.2, 0.25) is 0 Å². The van der Waals surface area contributed by atoms with Crippen LogP contribution in [0.1, 0.15) is 19.8 Å². The van der Waals surface area contributed by atoms with Crippen LogP contribution in [0, 0.1) is 0 Å². The molecule has 0 fully saturated rings. The van der Waals surface area contributed by atoms with E-state index in [-0.39, 0.29) is 10.8 Å². The molecule has 0 amide bonds. The van der Waals surface area contributed by atoms with Crippen molar-refractivity contribution in [2.24, 2.45) is 14.1 Å². The molecule has 0 atom stereocenters. The summed E-state index contributed by atoms with van der Waals surface area (Å²) >= 11 is 0. The van der Waals surface area contributed by atoms with Crippen LogP contribution < -0.4 is 9.13 Å². The number of aromatic nitrogens is 4. The summed E-state index contributed by atoms with van der Waals surface area (Å²) in [5.41, 5.74) is -11.9. The van der Waals surface area contributed by atoms with Gasteiger partial charge in [-0.3, -0.25) is 0 Å². The van der Waals surface area contributed by atoms with Crippen molar-refractivity contribution in [3.8, 4) is 0 Å². The molecule has 0 radical (unpaired) electrons. The van der Waals surface area contributed by atoms with Gasteiger partial charge >= 0.3 is 36.0 Å². The predicted octanol–water partition coefficient (Wildman–Crippen LogP) is 1.42. The van der Waals surface area contributed by atoms with Gasteiger partial charge in [0, 0.05) is 0 Å². The van der Waals surface area contributed by atoms with Crippen LogP contribution in [0.5, 0.6) is 0 Å². The fourth-order valence-corrected chi connectivity index (χ4v) is 4.43. The lowest BCUT2D eigenvalue weighted by Crippen LogP contribution is -2.42. The Morgan fingerprint density at radius 2 is 1.50 bits per heavy atom. The highest BCUT2D eigenvalue weighted by Gasteiger charge is 2.59. The van der Waals surface area contributed by atoms with Gasteiger partial charge in [-0.05, 0) is 6.42 Å². The van der Waals surface area contributed by atoms with Crippen LogP contribution in [0.15, 0.2) is 36.3 Å². The Balaban J connectivity index is 0.000000375. The summed E-state index contributed by atoms with van der Waals surface area (Å²) < 4.78 is 122. The summed E-state index contributed by atoms with van der Waals surface area (Å²) in [5.74, 6) is 0. The standard InChI is InChI=1S/C8H15N2.C6H5F6N2O4S2/c1-3-4-5-10-7-6-9(2)8-10;1-13-2-3-14(20(17,18)6(10,11)12)4(13)19(15,16)5(7,8)9/h6-8H,3-5H2,1-2H3;2-3H,1H3/q2*+1. The van der Waals surface area contributed by atoms with Crippen LogP contribution in [0.3, 0.4) is 0 Å². The number of rotatable bonds is 5. The number of halogens is 6. The highest BCUT2D eigenvalue weighted by molar-refractivity contribution is 7.94. The molecule has 0 aromatic carbocycles. The second-order valence-electron chi connectivity index (χ2n) is 6.06. The number of hydrogen-bond acceptors (Lipinski definition) is 4. The number of unbranched alkanes of at least 4 members (excludes halogenated alkanes) is 1. The lowest BCUT2D eigenvalue weighted by atomic mass is 10.3. The summed E-state index contributed by atoms with van der Waals surface area (Å²) in [4.78, 5) is 0. The Labute approximate surface area is 168 Å². The second kappa shape index (κ2) is 8.95. The quantitative estimate of drug-likeness (QED) is 0.473. The van der Waals surface area contributed by atoms with Crippen molar-refractivity contribution in [3.63, 3.8) is 0 Å². The smallest absolute Gasteiger partial charge is 0.240 e. The Kier molecular flexibility index (Phi) is 7.74. The number of aryl methyl sites for hydroxylation is 3. The first-order valence-corrected chi connectivity index (χ1v) is 11.1. The Morgan fingerprint density at radius 1 is 0.933 bits per heavy atom. The summed E-state index contributed by atoms with van der Waals surface area (Å²) in [5, 5.41) is -2.07. The number of alkyl halides is 6. The second-order valence-corrected chi connectivity index (χ2v) is 9.70. The zero-order chi connectivity index (χ0) is 23.5. The van der Waals surface area contributed by atoms with E-state index in [1.54, 1.807) is 0 Å². The first-order valence-electron chi connectivity index (χ1n) is 8.18. The molecule has 0 bridgehead atoms. The molecule has 0 spiro atoms. The maximum absolute atomic E-state index is 12.4. The molecule has 30 heavy (non-hydrogen) atoms. The average molecular weight is 486 g/mol. The van der Waals surface area contributed by atoms with Gasteiger partial charge in [-0.15, -0.1) is 3.97 Å². The van der Waals surface area contributed by atoms with Crippen LogP contribution in [-0.4, -0.2) is 36.4 Å². The van der Waals surface area contributed by atoms with E-state index in [0.29, 0.717) is 13.2 Å². The maximum Gasteiger partial charge on any atom is 0.537 e. The maximum atomic E-state index is 12.4. The molecule has 0 N–H and O–H groups in total. The molecule has 0 saturated carbocycles. The molecule has 0 unspecified atom stereocenters. The molecule has 2 rings (SSSR count). The van der Waals surface area contributed by atoms with E-state index in [9.17, 15) is 43.2 Å². The summed E-state index contributed by atoms with van der Waals surface area (Å²) in [6.45, 7) is 3.36. The first kappa shape index (κ1) is 25.9. The molecule has 0 aliphatic heterocycles. The molecular weight excluding hydrogens is 466 g/mol. The van der Waals surface area contributed by atoms with Crippen molar-refractivity contribution in [1.29, 1.82) is 0 Å². The minimum atomic E-state index is -6.31. The summed E-state index contributed by atoms with van der Waals surface area (Å²) in [6, 6.07) is 0. The van der Waals surface area contributed by atoms with Crippen molar-refractivity contribution in [2.75, 3.05) is 0 Å². The van der Waals surface area contributed by atoms with E-state index >= 15 is 0 Å². The van der Waals surface area contributed by atoms with Crippen molar-refractivity contribution in [2.45, 2.75) is 42.5 Å². The summed E-state index contributed by atoms with van der Waals surface area (Å²) in [6.07, 6.45) is 9.31. The molecule has 8 nitrogen and oxygen atoms in total. The minimum absolute atomic E-state index is 0.0570. The van der Waals surface area contributed by atoms with Gasteiger partial charge in [-0.2, -0.15) is 34.8 Å². The number of sulfone groups is 1. The molecule has 2 aromatic rings. The predicted molar refractivity (Wildman–Crippen MR) is 89.7 cm³/mol. The van der Waals surface area contributed by atoms with E-state index in [2.05, 4.69) is 34.8 Å². The van der Waals surface area contributed by atoms with Gasteiger partial charge in [-0.25, -0.2) is 22.1 Å². The van der Waals surface area contributed by atoms with Crippen LogP contribution in [-0.2, 0) is 40.5 Å². The van der Waals surface area contributed by atoms with Gasteiger partial charge in [0.15, 0.2) is 0 Å². The third kappa shape index (κ3) is 5.53. The Morgan fingerprint density at radius 3 is 1.90 bits per heavy atom. The Bertz CT molecular complexity index is 1070. The van der Waals surface area contributed by atoms with Gasteiger partial charge in [0.2, 0.25) is 6.33 Å². The van der Waals surface area contributed by atoms with Crippen LogP contribution in [0.4, 0.5) is 26.3 Å². The van der Waals surface area contributed by atoms with E-state index in [4.69, 9.17) is 0 Å². The van der Waals surface area contributed by atoms with Crippen LogP contribution in [0.25, 0.3) is 0 Å². The van der Waals surface area contributed by atoms with Crippen molar-refractivity contribution >= 4 is 19.9 Å². The van der Waals surface area contributed by atoms with E-state index in [1.165, 1.54) is 12.8 Å². The molecule has 0 saturated heterocycles. The third-order valence-electron chi connectivity index (χ3n) is 3.61. The highest BCUT2D eigenvalue weighted by Crippen LogP contribution is 2.32. The highest BCUT2D eigenvalue weighted by atomic mass is 32.2. The largest absolute Gasteiger partial charge is 0.537 e. The zero-order valence-electron chi connectivity index (χ0n) is 16.0. The third-order valence-corrected chi connectivity index (χ3v) is 6.69. The van der Waals surface area contributed by atoms with Gasteiger partial charge in [0.05, 0.1) is 20.6 Å². The van der Waals surface area contributed by atoms with Crippen LogP contribution >= 0.6 is 0 Å². The van der Waals surface area contributed by atoms with E-state index in [1.807, 2.05) is 7.05 Å². The van der Waals surface area contributed by atoms with Gasteiger partial charge in [0.1, 0.15) is 24.8 Å².